The Morgan fingerprint density at radius 1 is 0.298 bits per heavy atom. The fraction of sp³-hybridized carbons (Fsp3) is 0. The Kier molecular flexibility index (Phi) is 7.82. The highest BCUT2D eigenvalue weighted by Crippen LogP contribution is 2.41. The highest BCUT2D eigenvalue weighted by Gasteiger charge is 2.17. The van der Waals surface area contributed by atoms with E-state index in [9.17, 15) is 0 Å². The first-order valence-electron chi connectivity index (χ1n) is 19.3. The van der Waals surface area contributed by atoms with Gasteiger partial charge in [-0.2, -0.15) is 0 Å². The summed E-state index contributed by atoms with van der Waals surface area (Å²) in [6, 6.07) is 72.8. The van der Waals surface area contributed by atoms with Crippen LogP contribution in [0.5, 0.6) is 0 Å². The Labute approximate surface area is 330 Å². The van der Waals surface area contributed by atoms with Gasteiger partial charge in [0.05, 0.1) is 11.4 Å². The highest BCUT2D eigenvalue weighted by molar-refractivity contribution is 6.14. The van der Waals surface area contributed by atoms with Crippen LogP contribution in [0.3, 0.4) is 0 Å². The first kappa shape index (κ1) is 32.8. The van der Waals surface area contributed by atoms with Crippen LogP contribution in [0.1, 0.15) is 0 Å². The first-order valence-corrected chi connectivity index (χ1v) is 19.3. The quantitative estimate of drug-likeness (QED) is 0.160. The third kappa shape index (κ3) is 5.85. The number of hydrogen-bond donors (Lipinski definition) is 0. The third-order valence-corrected chi connectivity index (χ3v) is 11.1. The molecule has 0 amide bonds. The molecule has 0 aliphatic carbocycles. The lowest BCUT2D eigenvalue weighted by Gasteiger charge is -2.14. The van der Waals surface area contributed by atoms with Crippen molar-refractivity contribution < 1.29 is 4.42 Å². The number of aromatic nitrogens is 2. The zero-order chi connectivity index (χ0) is 37.7. The van der Waals surface area contributed by atoms with Crippen molar-refractivity contribution >= 4 is 43.5 Å². The summed E-state index contributed by atoms with van der Waals surface area (Å²) in [4.78, 5) is 10.3. The zero-order valence-electron chi connectivity index (χ0n) is 30.9. The largest absolute Gasteiger partial charge is 0.455 e. The number of fused-ring (bicyclic) bond motifs is 6. The second-order valence-corrected chi connectivity index (χ2v) is 14.5. The number of furan rings is 1. The van der Waals surface area contributed by atoms with Gasteiger partial charge in [-0.3, -0.25) is 0 Å². The van der Waals surface area contributed by atoms with Crippen molar-refractivity contribution in [1.82, 2.24) is 9.97 Å². The summed E-state index contributed by atoms with van der Waals surface area (Å²) in [6.45, 7) is 0. The average Bonchev–Trinajstić information content (AvgIpc) is 3.68. The van der Waals surface area contributed by atoms with Gasteiger partial charge in [0.1, 0.15) is 11.2 Å². The minimum Gasteiger partial charge on any atom is -0.455 e. The molecular formula is C54H34N2O. The van der Waals surface area contributed by atoms with E-state index < -0.39 is 0 Å². The molecule has 0 fully saturated rings. The van der Waals surface area contributed by atoms with Gasteiger partial charge in [0.25, 0.3) is 0 Å². The molecule has 2 aromatic heterocycles. The minimum absolute atomic E-state index is 0.685. The topological polar surface area (TPSA) is 38.9 Å². The normalized spacial score (nSPS) is 11.5. The van der Waals surface area contributed by atoms with Crippen molar-refractivity contribution in [2.75, 3.05) is 0 Å². The summed E-state index contributed by atoms with van der Waals surface area (Å²) >= 11 is 0. The van der Waals surface area contributed by atoms with Crippen LogP contribution in [-0.4, -0.2) is 9.97 Å². The molecule has 0 unspecified atom stereocenters. The van der Waals surface area contributed by atoms with Gasteiger partial charge in [-0.05, 0) is 85.8 Å². The van der Waals surface area contributed by atoms with E-state index in [-0.39, 0.29) is 0 Å². The molecule has 266 valence electrons. The number of rotatable bonds is 6. The Hall–Kier alpha value is -7.62. The van der Waals surface area contributed by atoms with Crippen molar-refractivity contribution in [1.29, 1.82) is 0 Å². The van der Waals surface area contributed by atoms with E-state index in [2.05, 4.69) is 170 Å². The van der Waals surface area contributed by atoms with Crippen LogP contribution in [0.2, 0.25) is 0 Å². The van der Waals surface area contributed by atoms with E-state index in [1.54, 1.807) is 0 Å². The Balaban J connectivity index is 1.11. The second kappa shape index (κ2) is 13.6. The lowest BCUT2D eigenvalue weighted by atomic mass is 9.91. The maximum Gasteiger partial charge on any atom is 0.160 e. The smallest absolute Gasteiger partial charge is 0.160 e. The molecule has 3 heteroatoms. The summed E-state index contributed by atoms with van der Waals surface area (Å²) in [7, 11) is 0. The van der Waals surface area contributed by atoms with E-state index >= 15 is 0 Å². The summed E-state index contributed by atoms with van der Waals surface area (Å²) in [6.07, 6.45) is 0. The summed E-state index contributed by atoms with van der Waals surface area (Å²) in [5.41, 5.74) is 13.2. The molecule has 0 saturated carbocycles. The van der Waals surface area contributed by atoms with Gasteiger partial charge < -0.3 is 4.42 Å². The molecule has 11 rings (SSSR count). The summed E-state index contributed by atoms with van der Waals surface area (Å²) in [5.74, 6) is 0.685. The molecule has 0 aliphatic heterocycles. The van der Waals surface area contributed by atoms with Crippen LogP contribution in [0.15, 0.2) is 211 Å². The van der Waals surface area contributed by atoms with Gasteiger partial charge >= 0.3 is 0 Å². The molecule has 2 heterocycles. The van der Waals surface area contributed by atoms with E-state index in [4.69, 9.17) is 14.4 Å². The van der Waals surface area contributed by atoms with E-state index in [0.29, 0.717) is 5.82 Å². The molecule has 0 bridgehead atoms. The molecule has 0 N–H and O–H groups in total. The maximum absolute atomic E-state index is 6.59. The average molecular weight is 727 g/mol. The fourth-order valence-corrected chi connectivity index (χ4v) is 8.28. The highest BCUT2D eigenvalue weighted by atomic mass is 16.3. The lowest BCUT2D eigenvalue weighted by molar-refractivity contribution is 0.670. The van der Waals surface area contributed by atoms with E-state index in [1.165, 1.54) is 32.7 Å². The van der Waals surface area contributed by atoms with Crippen LogP contribution < -0.4 is 0 Å². The van der Waals surface area contributed by atoms with Crippen molar-refractivity contribution in [2.45, 2.75) is 0 Å². The monoisotopic (exact) mass is 726 g/mol. The van der Waals surface area contributed by atoms with Crippen LogP contribution in [0.25, 0.3) is 111 Å². The van der Waals surface area contributed by atoms with Gasteiger partial charge in [0.2, 0.25) is 0 Å². The minimum atomic E-state index is 0.685. The van der Waals surface area contributed by atoms with Crippen LogP contribution in [0, 0.1) is 0 Å². The number of nitrogens with zero attached hydrogens (tertiary/aromatic N) is 2. The van der Waals surface area contributed by atoms with Gasteiger partial charge in [0, 0.05) is 33.0 Å². The molecule has 0 saturated heterocycles. The third-order valence-electron chi connectivity index (χ3n) is 11.1. The van der Waals surface area contributed by atoms with Crippen molar-refractivity contribution in [3.8, 4) is 67.3 Å². The van der Waals surface area contributed by atoms with E-state index in [0.717, 1.165) is 72.3 Å². The molecule has 57 heavy (non-hydrogen) atoms. The van der Waals surface area contributed by atoms with Crippen molar-refractivity contribution in [3.63, 3.8) is 0 Å². The summed E-state index contributed by atoms with van der Waals surface area (Å²) < 4.78 is 6.59. The molecular weight excluding hydrogens is 693 g/mol. The predicted molar refractivity (Wildman–Crippen MR) is 237 cm³/mol. The molecule has 0 spiro atoms. The Morgan fingerprint density at radius 2 is 0.877 bits per heavy atom. The van der Waals surface area contributed by atoms with Crippen LogP contribution >= 0.6 is 0 Å². The van der Waals surface area contributed by atoms with Gasteiger partial charge in [0.15, 0.2) is 5.82 Å². The zero-order valence-corrected chi connectivity index (χ0v) is 30.9. The number of hydrogen-bond acceptors (Lipinski definition) is 3. The lowest BCUT2D eigenvalue weighted by Crippen LogP contribution is -1.96. The standard InChI is InChI=1S/C54H34N2O/c1-3-14-37(15-4-1)50-34-51(56-54(55-50)38-16-5-2-6-17-38)42-31-40(30-41(32-42)44-23-13-24-48-47-22-11-12-25-52(47)57-53(44)48)35-26-28-36(29-27-35)49-33-39-18-7-8-19-43(39)45-20-9-10-21-46(45)49/h1-34H. The molecule has 0 radical (unpaired) electrons. The SMILES string of the molecule is c1ccc(-c2cc(-c3cc(-c4ccc(-c5cc6ccccc6c6ccccc56)cc4)cc(-c4cccc5c4oc4ccccc45)c3)nc(-c3ccccc3)n2)cc1. The van der Waals surface area contributed by atoms with E-state index in [1.807, 2.05) is 36.4 Å². The number of para-hydroxylation sites is 2. The van der Waals surface area contributed by atoms with Gasteiger partial charge in [-0.1, -0.05) is 170 Å². The molecule has 9 aromatic carbocycles. The van der Waals surface area contributed by atoms with Crippen molar-refractivity contribution in [3.05, 3.63) is 206 Å². The Bertz CT molecular complexity index is 3220. The summed E-state index contributed by atoms with van der Waals surface area (Å²) in [5, 5.41) is 7.23. The maximum atomic E-state index is 6.59. The van der Waals surface area contributed by atoms with Gasteiger partial charge in [-0.25, -0.2) is 9.97 Å². The van der Waals surface area contributed by atoms with Crippen LogP contribution in [0.4, 0.5) is 0 Å². The predicted octanol–water partition coefficient (Wildman–Crippen LogP) is 14.7. The molecule has 0 atom stereocenters. The van der Waals surface area contributed by atoms with Crippen LogP contribution in [-0.2, 0) is 0 Å². The molecule has 0 aliphatic rings. The van der Waals surface area contributed by atoms with Crippen molar-refractivity contribution in [2.24, 2.45) is 0 Å². The Morgan fingerprint density at radius 3 is 1.67 bits per heavy atom. The van der Waals surface area contributed by atoms with Gasteiger partial charge in [-0.15, -0.1) is 0 Å². The molecule has 11 aromatic rings. The number of benzene rings is 9. The first-order chi connectivity index (χ1) is 28.2. The fourth-order valence-electron chi connectivity index (χ4n) is 8.28. The second-order valence-electron chi connectivity index (χ2n) is 14.5. The molecule has 3 nitrogen and oxygen atoms in total.